The number of halogens is 1. The zero-order valence-electron chi connectivity index (χ0n) is 12.7. The van der Waals surface area contributed by atoms with E-state index in [0.29, 0.717) is 25.1 Å². The number of rotatable bonds is 5. The van der Waals surface area contributed by atoms with E-state index < -0.39 is 0 Å². The summed E-state index contributed by atoms with van der Waals surface area (Å²) in [4.78, 5) is 25.6. The van der Waals surface area contributed by atoms with Crippen LogP contribution in [0.4, 0.5) is 0 Å². The van der Waals surface area contributed by atoms with Gasteiger partial charge in [-0.1, -0.05) is 12.1 Å². The lowest BCUT2D eigenvalue weighted by molar-refractivity contribution is -0.121. The average Bonchev–Trinajstić information content (AvgIpc) is 2.54. The van der Waals surface area contributed by atoms with Crippen LogP contribution >= 0.6 is 12.4 Å². The Morgan fingerprint density at radius 2 is 1.73 bits per heavy atom. The maximum Gasteiger partial charge on any atom is 0.253 e. The van der Waals surface area contributed by atoms with Crippen LogP contribution in [0.3, 0.4) is 0 Å². The quantitative estimate of drug-likeness (QED) is 0.865. The number of carbonyl (C=O) groups is 2. The summed E-state index contributed by atoms with van der Waals surface area (Å²) in [7, 11) is 0. The van der Waals surface area contributed by atoms with Crippen LogP contribution in [0.25, 0.3) is 0 Å². The van der Waals surface area contributed by atoms with E-state index in [9.17, 15) is 9.59 Å². The van der Waals surface area contributed by atoms with E-state index in [0.717, 1.165) is 31.5 Å². The molecule has 1 aliphatic heterocycles. The van der Waals surface area contributed by atoms with Gasteiger partial charge in [0.1, 0.15) is 0 Å². The van der Waals surface area contributed by atoms with E-state index in [4.69, 9.17) is 5.73 Å². The monoisotopic (exact) mass is 325 g/mol. The Balaban J connectivity index is 0.00000242. The first kappa shape index (κ1) is 18.5. The second-order valence-electron chi connectivity index (χ2n) is 5.37. The number of nitrogens with two attached hydrogens (primary N) is 1. The van der Waals surface area contributed by atoms with Gasteiger partial charge >= 0.3 is 0 Å². The van der Waals surface area contributed by atoms with Crippen LogP contribution in [0.15, 0.2) is 24.3 Å². The molecule has 0 aliphatic carbocycles. The number of hydrogen-bond acceptors (Lipinski definition) is 3. The number of benzene rings is 1. The highest BCUT2D eigenvalue weighted by molar-refractivity contribution is 5.94. The topological polar surface area (TPSA) is 75.4 Å². The summed E-state index contributed by atoms with van der Waals surface area (Å²) in [6, 6.07) is 7.45. The van der Waals surface area contributed by atoms with Crippen molar-refractivity contribution in [3.63, 3.8) is 0 Å². The Bertz CT molecular complexity index is 485. The lowest BCUT2D eigenvalue weighted by atomic mass is 10.1. The van der Waals surface area contributed by atoms with Crippen molar-refractivity contribution in [1.82, 2.24) is 10.2 Å². The zero-order valence-corrected chi connectivity index (χ0v) is 13.5. The minimum atomic E-state index is -0.0500. The number of amides is 2. The molecule has 0 spiro atoms. The van der Waals surface area contributed by atoms with Crippen molar-refractivity contribution < 1.29 is 9.59 Å². The van der Waals surface area contributed by atoms with E-state index in [2.05, 4.69) is 5.32 Å². The fourth-order valence-electron chi connectivity index (χ4n) is 2.46. The Morgan fingerprint density at radius 3 is 2.32 bits per heavy atom. The van der Waals surface area contributed by atoms with E-state index in [1.165, 1.54) is 6.42 Å². The van der Waals surface area contributed by atoms with Gasteiger partial charge in [-0.15, -0.1) is 12.4 Å². The van der Waals surface area contributed by atoms with E-state index in [1.54, 1.807) is 0 Å². The van der Waals surface area contributed by atoms with Crippen molar-refractivity contribution in [2.75, 3.05) is 19.6 Å². The van der Waals surface area contributed by atoms with E-state index in [-0.39, 0.29) is 24.2 Å². The molecule has 6 heteroatoms. The van der Waals surface area contributed by atoms with E-state index >= 15 is 0 Å². The Morgan fingerprint density at radius 1 is 1.09 bits per heavy atom. The number of nitrogens with zero attached hydrogens (tertiary/aromatic N) is 1. The van der Waals surface area contributed by atoms with Crippen molar-refractivity contribution in [2.24, 2.45) is 5.73 Å². The van der Waals surface area contributed by atoms with Crippen LogP contribution in [-0.2, 0) is 11.3 Å². The third-order valence-corrected chi connectivity index (χ3v) is 3.71. The Kier molecular flexibility index (Phi) is 7.91. The first-order chi connectivity index (χ1) is 10.2. The molecule has 2 amide bonds. The SMILES string of the molecule is Cl.NCCC(=O)NCc1ccc(C(=O)N2CCCCC2)cc1. The largest absolute Gasteiger partial charge is 0.352 e. The maximum absolute atomic E-state index is 12.3. The normalized spacial score (nSPS) is 14.1. The number of carbonyl (C=O) groups excluding carboxylic acids is 2. The highest BCUT2D eigenvalue weighted by atomic mass is 35.5. The molecule has 0 radical (unpaired) electrons. The molecule has 122 valence electrons. The molecule has 22 heavy (non-hydrogen) atoms. The van der Waals surface area contributed by atoms with E-state index in [1.807, 2.05) is 29.2 Å². The van der Waals surface area contributed by atoms with Gasteiger partial charge in [0.25, 0.3) is 5.91 Å². The number of hydrogen-bond donors (Lipinski definition) is 2. The average molecular weight is 326 g/mol. The molecular weight excluding hydrogens is 302 g/mol. The second kappa shape index (κ2) is 9.43. The molecule has 1 aliphatic rings. The van der Waals surface area contributed by atoms with Crippen molar-refractivity contribution in [3.05, 3.63) is 35.4 Å². The smallest absolute Gasteiger partial charge is 0.253 e. The number of likely N-dealkylation sites (tertiary alicyclic amines) is 1. The van der Waals surface area contributed by atoms with Gasteiger partial charge in [-0.25, -0.2) is 0 Å². The molecule has 0 saturated carbocycles. The van der Waals surface area contributed by atoms with Gasteiger partial charge in [-0.05, 0) is 37.0 Å². The van der Waals surface area contributed by atoms with Gasteiger partial charge in [0, 0.05) is 38.2 Å². The summed E-state index contributed by atoms with van der Waals surface area (Å²) in [5.74, 6) is 0.0550. The summed E-state index contributed by atoms with van der Waals surface area (Å²) in [5.41, 5.74) is 7.02. The molecule has 1 heterocycles. The first-order valence-electron chi connectivity index (χ1n) is 7.55. The third kappa shape index (κ3) is 5.31. The molecule has 1 aromatic carbocycles. The highest BCUT2D eigenvalue weighted by Crippen LogP contribution is 2.13. The molecule has 0 bridgehead atoms. The molecule has 0 atom stereocenters. The molecule has 1 saturated heterocycles. The predicted molar refractivity (Wildman–Crippen MR) is 89.0 cm³/mol. The summed E-state index contributed by atoms with van der Waals surface area (Å²) in [5, 5.41) is 2.80. The van der Waals surface area contributed by atoms with Crippen LogP contribution in [0, 0.1) is 0 Å². The molecule has 5 nitrogen and oxygen atoms in total. The fourth-order valence-corrected chi connectivity index (χ4v) is 2.46. The second-order valence-corrected chi connectivity index (χ2v) is 5.37. The minimum Gasteiger partial charge on any atom is -0.352 e. The van der Waals surface area contributed by atoms with Gasteiger partial charge in [0.2, 0.25) is 5.91 Å². The third-order valence-electron chi connectivity index (χ3n) is 3.71. The lowest BCUT2D eigenvalue weighted by Crippen LogP contribution is -2.35. The van der Waals surface area contributed by atoms with Gasteiger partial charge in [0.15, 0.2) is 0 Å². The Hall–Kier alpha value is -1.59. The molecule has 1 fully saturated rings. The highest BCUT2D eigenvalue weighted by Gasteiger charge is 2.17. The summed E-state index contributed by atoms with van der Waals surface area (Å²) < 4.78 is 0. The summed E-state index contributed by atoms with van der Waals surface area (Å²) >= 11 is 0. The summed E-state index contributed by atoms with van der Waals surface area (Å²) in [6.45, 7) is 2.54. The Labute approximate surface area is 137 Å². The molecule has 3 N–H and O–H groups in total. The van der Waals surface area contributed by atoms with Gasteiger partial charge in [-0.3, -0.25) is 9.59 Å². The number of nitrogens with one attached hydrogen (secondary N) is 1. The van der Waals surface area contributed by atoms with Gasteiger partial charge in [-0.2, -0.15) is 0 Å². The van der Waals surface area contributed by atoms with Crippen LogP contribution in [0.2, 0.25) is 0 Å². The zero-order chi connectivity index (χ0) is 15.1. The first-order valence-corrected chi connectivity index (χ1v) is 7.55. The van der Waals surface area contributed by atoms with Crippen molar-refractivity contribution >= 4 is 24.2 Å². The van der Waals surface area contributed by atoms with Crippen LogP contribution in [0.1, 0.15) is 41.6 Å². The fraction of sp³-hybridized carbons (Fsp3) is 0.500. The molecule has 2 rings (SSSR count). The number of piperidine rings is 1. The molecule has 0 unspecified atom stereocenters. The van der Waals surface area contributed by atoms with Gasteiger partial charge < -0.3 is 16.0 Å². The van der Waals surface area contributed by atoms with Crippen LogP contribution < -0.4 is 11.1 Å². The standard InChI is InChI=1S/C16H23N3O2.ClH/c17-9-8-15(20)18-12-13-4-6-14(7-5-13)16(21)19-10-2-1-3-11-19;/h4-7H,1-3,8-12,17H2,(H,18,20);1H. The maximum atomic E-state index is 12.3. The van der Waals surface area contributed by atoms with Crippen molar-refractivity contribution in [1.29, 1.82) is 0 Å². The van der Waals surface area contributed by atoms with Crippen LogP contribution in [-0.4, -0.2) is 36.3 Å². The summed E-state index contributed by atoms with van der Waals surface area (Å²) in [6.07, 6.45) is 3.74. The van der Waals surface area contributed by atoms with Crippen molar-refractivity contribution in [3.8, 4) is 0 Å². The van der Waals surface area contributed by atoms with Gasteiger partial charge in [0.05, 0.1) is 0 Å². The predicted octanol–water partition coefficient (Wildman–Crippen LogP) is 1.70. The molecule has 0 aromatic heterocycles. The van der Waals surface area contributed by atoms with Crippen LogP contribution in [0.5, 0.6) is 0 Å². The molecule has 1 aromatic rings. The molecular formula is C16H24ClN3O2. The lowest BCUT2D eigenvalue weighted by Gasteiger charge is -2.26. The minimum absolute atomic E-state index is 0. The van der Waals surface area contributed by atoms with Crippen molar-refractivity contribution in [2.45, 2.75) is 32.2 Å².